The van der Waals surface area contributed by atoms with E-state index in [4.69, 9.17) is 4.55 Å². The van der Waals surface area contributed by atoms with Gasteiger partial charge in [-0.2, -0.15) is 8.42 Å². The van der Waals surface area contributed by atoms with Crippen molar-refractivity contribution in [2.24, 2.45) is 0 Å². The summed E-state index contributed by atoms with van der Waals surface area (Å²) < 4.78 is 33.3. The maximum atomic E-state index is 10.8. The highest BCUT2D eigenvalue weighted by molar-refractivity contribution is 7.80. The number of hydrogen-bond acceptors (Lipinski definition) is 4. The van der Waals surface area contributed by atoms with E-state index in [2.05, 4.69) is 16.1 Å². The summed E-state index contributed by atoms with van der Waals surface area (Å²) in [6, 6.07) is 0. The quantitative estimate of drug-likeness (QED) is 0.382. The summed E-state index contributed by atoms with van der Waals surface area (Å²) in [5, 5.41) is 2.21. The predicted molar refractivity (Wildman–Crippen MR) is 49.7 cm³/mol. The first-order valence-electron chi connectivity index (χ1n) is 3.97. The largest absolute Gasteiger partial charge is 0.399 e. The van der Waals surface area contributed by atoms with E-state index in [1.54, 1.807) is 6.92 Å². The maximum Gasteiger partial charge on any atom is 0.399 e. The summed E-state index contributed by atoms with van der Waals surface area (Å²) in [6.45, 7) is 4.97. The first-order chi connectivity index (χ1) is 6.39. The van der Waals surface area contributed by atoms with Gasteiger partial charge >= 0.3 is 10.4 Å². The van der Waals surface area contributed by atoms with Crippen molar-refractivity contribution in [3.05, 3.63) is 12.7 Å². The standard InChI is InChI=1S/C7H13NO5S/c1-3-5-7(8-6(9)4-2)13-14(10,11)12/h4,7H,2-3,5H2,1H3,(H,8,9)(H,10,11,12). The summed E-state index contributed by atoms with van der Waals surface area (Å²) in [7, 11) is -4.55. The molecule has 82 valence electrons. The second-order valence-electron chi connectivity index (χ2n) is 2.51. The molecule has 0 radical (unpaired) electrons. The van der Waals surface area contributed by atoms with E-state index in [0.29, 0.717) is 6.42 Å². The zero-order valence-corrected chi connectivity index (χ0v) is 8.58. The lowest BCUT2D eigenvalue weighted by Crippen LogP contribution is -2.37. The lowest BCUT2D eigenvalue weighted by atomic mass is 10.3. The van der Waals surface area contributed by atoms with Crippen LogP contribution in [-0.4, -0.2) is 25.1 Å². The molecule has 0 aromatic carbocycles. The lowest BCUT2D eigenvalue weighted by Gasteiger charge is -2.14. The zero-order chi connectivity index (χ0) is 11.2. The van der Waals surface area contributed by atoms with E-state index in [-0.39, 0.29) is 6.42 Å². The highest BCUT2D eigenvalue weighted by atomic mass is 32.3. The van der Waals surface area contributed by atoms with Gasteiger partial charge in [0.05, 0.1) is 0 Å². The molecule has 0 bridgehead atoms. The molecule has 0 saturated carbocycles. The summed E-state index contributed by atoms with van der Waals surface area (Å²) in [4.78, 5) is 10.8. The van der Waals surface area contributed by atoms with Crippen LogP contribution in [0.2, 0.25) is 0 Å². The van der Waals surface area contributed by atoms with E-state index in [9.17, 15) is 13.2 Å². The van der Waals surface area contributed by atoms with Crippen LogP contribution in [0.1, 0.15) is 19.8 Å². The Labute approximate surface area is 82.9 Å². The SMILES string of the molecule is C=CC(=O)NC(CCC)OS(=O)(=O)O. The second kappa shape index (κ2) is 5.74. The molecule has 0 aliphatic carbocycles. The molecule has 0 fully saturated rings. The fraction of sp³-hybridized carbons (Fsp3) is 0.571. The minimum Gasteiger partial charge on any atom is -0.326 e. The van der Waals surface area contributed by atoms with E-state index in [1.807, 2.05) is 0 Å². The van der Waals surface area contributed by atoms with E-state index in [0.717, 1.165) is 6.08 Å². The summed E-state index contributed by atoms with van der Waals surface area (Å²) in [5.74, 6) is -0.563. The van der Waals surface area contributed by atoms with Crippen molar-refractivity contribution in [3.63, 3.8) is 0 Å². The van der Waals surface area contributed by atoms with Crippen molar-refractivity contribution in [1.29, 1.82) is 0 Å². The van der Waals surface area contributed by atoms with Crippen LogP contribution in [0.25, 0.3) is 0 Å². The average Bonchev–Trinajstić information content (AvgIpc) is 2.01. The first-order valence-corrected chi connectivity index (χ1v) is 5.34. The monoisotopic (exact) mass is 223 g/mol. The predicted octanol–water partition coefficient (Wildman–Crippen LogP) is 0.234. The van der Waals surface area contributed by atoms with Crippen molar-refractivity contribution < 1.29 is 21.9 Å². The molecule has 1 amide bonds. The third-order valence-corrected chi connectivity index (χ3v) is 1.75. The molecule has 2 N–H and O–H groups in total. The molecule has 1 unspecified atom stereocenters. The minimum absolute atomic E-state index is 0.277. The molecule has 0 saturated heterocycles. The van der Waals surface area contributed by atoms with Gasteiger partial charge in [0.25, 0.3) is 0 Å². The van der Waals surface area contributed by atoms with Gasteiger partial charge in [-0.25, -0.2) is 4.18 Å². The summed E-state index contributed by atoms with van der Waals surface area (Å²) in [5.41, 5.74) is 0. The third kappa shape index (κ3) is 6.58. The van der Waals surface area contributed by atoms with Crippen molar-refractivity contribution in [2.75, 3.05) is 0 Å². The van der Waals surface area contributed by atoms with Crippen molar-refractivity contribution in [1.82, 2.24) is 5.32 Å². The van der Waals surface area contributed by atoms with E-state index >= 15 is 0 Å². The molecule has 14 heavy (non-hydrogen) atoms. The molecule has 0 rings (SSSR count). The Balaban J connectivity index is 4.29. The number of amides is 1. The fourth-order valence-corrected chi connectivity index (χ4v) is 1.21. The van der Waals surface area contributed by atoms with Crippen molar-refractivity contribution >= 4 is 16.3 Å². The normalized spacial score (nSPS) is 13.3. The topological polar surface area (TPSA) is 92.7 Å². The Kier molecular flexibility index (Phi) is 5.36. The number of hydrogen-bond donors (Lipinski definition) is 2. The minimum atomic E-state index is -4.55. The Morgan fingerprint density at radius 1 is 1.71 bits per heavy atom. The van der Waals surface area contributed by atoms with E-state index < -0.39 is 22.5 Å². The molecular formula is C7H13NO5S. The second-order valence-corrected chi connectivity index (χ2v) is 3.56. The smallest absolute Gasteiger partial charge is 0.326 e. The summed E-state index contributed by atoms with van der Waals surface area (Å²) >= 11 is 0. The van der Waals surface area contributed by atoms with Crippen LogP contribution in [0.4, 0.5) is 0 Å². The molecule has 0 aliphatic rings. The van der Waals surface area contributed by atoms with Gasteiger partial charge in [-0.05, 0) is 12.5 Å². The highest BCUT2D eigenvalue weighted by Gasteiger charge is 2.17. The van der Waals surface area contributed by atoms with Crippen molar-refractivity contribution in [2.45, 2.75) is 26.0 Å². The van der Waals surface area contributed by atoms with Gasteiger partial charge in [0.15, 0.2) is 6.23 Å². The number of nitrogens with one attached hydrogen (secondary N) is 1. The average molecular weight is 223 g/mol. The molecule has 0 aromatic heterocycles. The highest BCUT2D eigenvalue weighted by Crippen LogP contribution is 2.02. The molecular weight excluding hydrogens is 210 g/mol. The van der Waals surface area contributed by atoms with Gasteiger partial charge in [-0.3, -0.25) is 9.35 Å². The molecule has 0 spiro atoms. The van der Waals surface area contributed by atoms with Gasteiger partial charge in [0, 0.05) is 0 Å². The number of carbonyl (C=O) groups is 1. The Morgan fingerprint density at radius 2 is 2.29 bits per heavy atom. The van der Waals surface area contributed by atoms with Gasteiger partial charge in [0.1, 0.15) is 0 Å². The first kappa shape index (κ1) is 13.1. The van der Waals surface area contributed by atoms with Gasteiger partial charge in [-0.1, -0.05) is 19.9 Å². The fourth-order valence-electron chi connectivity index (χ4n) is 0.771. The Hall–Kier alpha value is -0.920. The van der Waals surface area contributed by atoms with Gasteiger partial charge in [0.2, 0.25) is 5.91 Å². The lowest BCUT2D eigenvalue weighted by molar-refractivity contribution is -0.118. The molecule has 0 aliphatic heterocycles. The molecule has 6 nitrogen and oxygen atoms in total. The number of rotatable bonds is 6. The van der Waals surface area contributed by atoms with Crippen LogP contribution in [0.3, 0.4) is 0 Å². The number of carbonyl (C=O) groups excluding carboxylic acids is 1. The summed E-state index contributed by atoms with van der Waals surface area (Å²) in [6.07, 6.45) is 0.799. The molecule has 0 heterocycles. The zero-order valence-electron chi connectivity index (χ0n) is 7.76. The van der Waals surface area contributed by atoms with Gasteiger partial charge in [-0.15, -0.1) is 0 Å². The molecule has 1 atom stereocenters. The van der Waals surface area contributed by atoms with Crippen LogP contribution in [0, 0.1) is 0 Å². The Bertz CT molecular complexity index is 297. The van der Waals surface area contributed by atoms with Crippen molar-refractivity contribution in [3.8, 4) is 0 Å². The molecule has 7 heteroatoms. The van der Waals surface area contributed by atoms with Crippen LogP contribution >= 0.6 is 0 Å². The van der Waals surface area contributed by atoms with Crippen LogP contribution in [0.15, 0.2) is 12.7 Å². The van der Waals surface area contributed by atoms with E-state index in [1.165, 1.54) is 0 Å². The maximum absolute atomic E-state index is 10.8. The van der Waals surface area contributed by atoms with Gasteiger partial charge < -0.3 is 5.32 Å². The third-order valence-electron chi connectivity index (χ3n) is 1.28. The van der Waals surface area contributed by atoms with Crippen LogP contribution in [0.5, 0.6) is 0 Å². The molecule has 0 aromatic rings. The Morgan fingerprint density at radius 3 is 2.64 bits per heavy atom. The van der Waals surface area contributed by atoms with Crippen LogP contribution < -0.4 is 5.32 Å². The van der Waals surface area contributed by atoms with Crippen LogP contribution in [-0.2, 0) is 19.4 Å².